The van der Waals surface area contributed by atoms with Crippen LogP contribution in [0.25, 0.3) is 0 Å². The normalized spacial score (nSPS) is 19.6. The van der Waals surface area contributed by atoms with Crippen molar-refractivity contribution in [2.45, 2.75) is 25.7 Å². The lowest BCUT2D eigenvalue weighted by molar-refractivity contribution is -0.116. The van der Waals surface area contributed by atoms with E-state index in [2.05, 4.69) is 24.4 Å². The van der Waals surface area contributed by atoms with E-state index in [4.69, 9.17) is 5.73 Å². The van der Waals surface area contributed by atoms with Gasteiger partial charge < -0.3 is 11.1 Å². The van der Waals surface area contributed by atoms with Crippen LogP contribution in [0, 0.1) is 0 Å². The van der Waals surface area contributed by atoms with Crippen LogP contribution < -0.4 is 11.1 Å². The minimum absolute atomic E-state index is 0.0715. The highest BCUT2D eigenvalue weighted by molar-refractivity contribution is 5.94. The molecule has 1 aliphatic rings. The number of nitrogens with two attached hydrogens (primary N) is 1. The summed E-state index contributed by atoms with van der Waals surface area (Å²) in [7, 11) is 0. The maximum atomic E-state index is 11.4. The highest BCUT2D eigenvalue weighted by Gasteiger charge is 2.23. The van der Waals surface area contributed by atoms with Crippen LogP contribution in [0.3, 0.4) is 0 Å². The molecule has 1 amide bonds. The van der Waals surface area contributed by atoms with Gasteiger partial charge in [0.05, 0.1) is 0 Å². The maximum Gasteiger partial charge on any atom is 0.225 e. The van der Waals surface area contributed by atoms with Gasteiger partial charge in [0.25, 0.3) is 0 Å². The van der Waals surface area contributed by atoms with E-state index < -0.39 is 0 Å². The third kappa shape index (κ3) is 1.88. The Morgan fingerprint density at radius 1 is 1.53 bits per heavy atom. The fourth-order valence-corrected chi connectivity index (χ4v) is 2.03. The molecule has 0 radical (unpaired) electrons. The van der Waals surface area contributed by atoms with Crippen molar-refractivity contribution in [2.24, 2.45) is 5.73 Å². The van der Waals surface area contributed by atoms with Gasteiger partial charge in [-0.2, -0.15) is 0 Å². The van der Waals surface area contributed by atoms with E-state index in [9.17, 15) is 4.79 Å². The number of aryl methyl sites for hydroxylation is 1. The molecule has 0 aliphatic carbocycles. The lowest BCUT2D eigenvalue weighted by Gasteiger charge is -2.25. The summed E-state index contributed by atoms with van der Waals surface area (Å²) in [6, 6.07) is 6.19. The van der Waals surface area contributed by atoms with E-state index in [1.165, 1.54) is 11.1 Å². The minimum Gasteiger partial charge on any atom is -0.330 e. The van der Waals surface area contributed by atoms with E-state index >= 15 is 0 Å². The quantitative estimate of drug-likeness (QED) is 0.769. The van der Waals surface area contributed by atoms with Gasteiger partial charge in [-0.25, -0.2) is 0 Å². The molecule has 80 valence electrons. The number of anilines is 1. The Hall–Kier alpha value is -1.35. The SMILES string of the molecule is CCc1ccc2c(c1)C(CN)CC(=O)N2. The van der Waals surface area contributed by atoms with Crippen LogP contribution in [0.5, 0.6) is 0 Å². The first kappa shape index (κ1) is 10.2. The van der Waals surface area contributed by atoms with E-state index in [0.29, 0.717) is 13.0 Å². The number of benzene rings is 1. The zero-order valence-corrected chi connectivity index (χ0v) is 8.92. The van der Waals surface area contributed by atoms with E-state index in [1.54, 1.807) is 0 Å². The summed E-state index contributed by atoms with van der Waals surface area (Å²) in [6.07, 6.45) is 1.52. The zero-order chi connectivity index (χ0) is 10.8. The van der Waals surface area contributed by atoms with Gasteiger partial charge in [-0.3, -0.25) is 4.79 Å². The van der Waals surface area contributed by atoms with Crippen molar-refractivity contribution < 1.29 is 4.79 Å². The molecule has 1 heterocycles. The number of amides is 1. The highest BCUT2D eigenvalue weighted by atomic mass is 16.1. The Morgan fingerprint density at radius 2 is 2.33 bits per heavy atom. The minimum atomic E-state index is 0.0715. The van der Waals surface area contributed by atoms with Gasteiger partial charge in [0, 0.05) is 18.0 Å². The summed E-state index contributed by atoms with van der Waals surface area (Å²) < 4.78 is 0. The highest BCUT2D eigenvalue weighted by Crippen LogP contribution is 2.32. The molecular formula is C12H16N2O. The number of rotatable bonds is 2. The summed E-state index contributed by atoms with van der Waals surface area (Å²) in [5.74, 6) is 0.252. The van der Waals surface area contributed by atoms with E-state index in [1.807, 2.05) is 6.07 Å². The molecule has 1 aliphatic heterocycles. The first-order valence-corrected chi connectivity index (χ1v) is 5.37. The summed E-state index contributed by atoms with van der Waals surface area (Å²) >= 11 is 0. The molecule has 15 heavy (non-hydrogen) atoms. The molecule has 0 aromatic heterocycles. The smallest absolute Gasteiger partial charge is 0.225 e. The Balaban J connectivity index is 2.42. The molecular weight excluding hydrogens is 188 g/mol. The Kier molecular flexibility index (Phi) is 2.73. The molecule has 3 heteroatoms. The number of carbonyl (C=O) groups excluding carboxylic acids is 1. The lowest BCUT2D eigenvalue weighted by Crippen LogP contribution is -2.27. The van der Waals surface area contributed by atoms with E-state index in [0.717, 1.165) is 12.1 Å². The van der Waals surface area contributed by atoms with Crippen molar-refractivity contribution in [2.75, 3.05) is 11.9 Å². The second-order valence-corrected chi connectivity index (χ2v) is 3.96. The van der Waals surface area contributed by atoms with Crippen molar-refractivity contribution in [1.29, 1.82) is 0 Å². The summed E-state index contributed by atoms with van der Waals surface area (Å²) in [4.78, 5) is 11.4. The zero-order valence-electron chi connectivity index (χ0n) is 8.92. The van der Waals surface area contributed by atoms with Crippen molar-refractivity contribution in [3.8, 4) is 0 Å². The van der Waals surface area contributed by atoms with Crippen molar-refractivity contribution in [3.05, 3.63) is 29.3 Å². The molecule has 0 fully saturated rings. The molecule has 3 nitrogen and oxygen atoms in total. The van der Waals surface area contributed by atoms with Crippen LogP contribution in [0.1, 0.15) is 30.4 Å². The predicted octanol–water partition coefficient (Wildman–Crippen LogP) is 1.63. The average Bonchev–Trinajstić information content (AvgIpc) is 2.27. The first-order chi connectivity index (χ1) is 7.24. The fraction of sp³-hybridized carbons (Fsp3) is 0.417. The standard InChI is InChI=1S/C12H16N2O/c1-2-8-3-4-11-10(5-8)9(7-13)6-12(15)14-11/h3-5,9H,2,6-7,13H2,1H3,(H,14,15). The number of nitrogens with one attached hydrogen (secondary N) is 1. The summed E-state index contributed by atoms with van der Waals surface area (Å²) in [5, 5.41) is 2.88. The predicted molar refractivity (Wildman–Crippen MR) is 60.9 cm³/mol. The Bertz CT molecular complexity index is 387. The molecule has 1 unspecified atom stereocenters. The maximum absolute atomic E-state index is 11.4. The molecule has 1 aromatic carbocycles. The second kappa shape index (κ2) is 4.03. The second-order valence-electron chi connectivity index (χ2n) is 3.96. The van der Waals surface area contributed by atoms with Gasteiger partial charge in [-0.15, -0.1) is 0 Å². The number of hydrogen-bond acceptors (Lipinski definition) is 2. The number of hydrogen-bond donors (Lipinski definition) is 2. The van der Waals surface area contributed by atoms with Crippen molar-refractivity contribution >= 4 is 11.6 Å². The fourth-order valence-electron chi connectivity index (χ4n) is 2.03. The Morgan fingerprint density at radius 3 is 3.00 bits per heavy atom. The molecule has 0 saturated heterocycles. The van der Waals surface area contributed by atoms with Gasteiger partial charge in [0.2, 0.25) is 5.91 Å². The molecule has 2 rings (SSSR count). The van der Waals surface area contributed by atoms with Crippen LogP contribution in [0.2, 0.25) is 0 Å². The van der Waals surface area contributed by atoms with Gasteiger partial charge >= 0.3 is 0 Å². The largest absolute Gasteiger partial charge is 0.330 e. The topological polar surface area (TPSA) is 55.1 Å². The average molecular weight is 204 g/mol. The number of fused-ring (bicyclic) bond motifs is 1. The van der Waals surface area contributed by atoms with Crippen molar-refractivity contribution in [1.82, 2.24) is 0 Å². The first-order valence-electron chi connectivity index (χ1n) is 5.37. The van der Waals surface area contributed by atoms with Gasteiger partial charge in [-0.1, -0.05) is 19.1 Å². The molecule has 0 saturated carbocycles. The molecule has 0 bridgehead atoms. The third-order valence-corrected chi connectivity index (χ3v) is 2.95. The third-order valence-electron chi connectivity index (χ3n) is 2.95. The van der Waals surface area contributed by atoms with Crippen LogP contribution in [0.15, 0.2) is 18.2 Å². The number of carbonyl (C=O) groups is 1. The van der Waals surface area contributed by atoms with Gasteiger partial charge in [-0.05, 0) is 30.2 Å². The monoisotopic (exact) mass is 204 g/mol. The van der Waals surface area contributed by atoms with Crippen molar-refractivity contribution in [3.63, 3.8) is 0 Å². The summed E-state index contributed by atoms with van der Waals surface area (Å²) in [6.45, 7) is 2.66. The van der Waals surface area contributed by atoms with Crippen LogP contribution in [-0.4, -0.2) is 12.5 Å². The molecule has 0 spiro atoms. The van der Waals surface area contributed by atoms with E-state index in [-0.39, 0.29) is 11.8 Å². The molecule has 1 atom stereocenters. The van der Waals surface area contributed by atoms with Crippen LogP contribution >= 0.6 is 0 Å². The Labute approximate surface area is 89.7 Å². The molecule has 3 N–H and O–H groups in total. The lowest BCUT2D eigenvalue weighted by atomic mass is 9.89. The van der Waals surface area contributed by atoms with Gasteiger partial charge in [0.15, 0.2) is 0 Å². The van der Waals surface area contributed by atoms with Gasteiger partial charge in [0.1, 0.15) is 0 Å². The van der Waals surface area contributed by atoms with Crippen LogP contribution in [0.4, 0.5) is 5.69 Å². The van der Waals surface area contributed by atoms with Crippen LogP contribution in [-0.2, 0) is 11.2 Å². The molecule has 1 aromatic rings. The summed E-state index contributed by atoms with van der Waals surface area (Å²) in [5.41, 5.74) is 9.11.